The lowest BCUT2D eigenvalue weighted by Crippen LogP contribution is -2.31. The van der Waals surface area contributed by atoms with Gasteiger partial charge in [-0.2, -0.15) is 0 Å². The van der Waals surface area contributed by atoms with Gasteiger partial charge in [0.1, 0.15) is 0 Å². The van der Waals surface area contributed by atoms with Crippen LogP contribution in [0.4, 0.5) is 0 Å². The highest BCUT2D eigenvalue weighted by molar-refractivity contribution is 6.35. The van der Waals surface area contributed by atoms with Crippen LogP contribution in [0.25, 0.3) is 0 Å². The van der Waals surface area contributed by atoms with E-state index in [1.54, 1.807) is 13.1 Å². The van der Waals surface area contributed by atoms with Gasteiger partial charge in [0.25, 0.3) is 5.91 Å². The predicted molar refractivity (Wildman–Crippen MR) is 38.5 cm³/mol. The molecule has 0 aliphatic heterocycles. The van der Waals surface area contributed by atoms with Crippen LogP contribution in [0.3, 0.4) is 0 Å². The molecule has 0 aliphatic rings. The summed E-state index contributed by atoms with van der Waals surface area (Å²) in [4.78, 5) is 22.5. The van der Waals surface area contributed by atoms with Gasteiger partial charge in [-0.3, -0.25) is 9.59 Å². The lowest BCUT2D eigenvalue weighted by Gasteiger charge is -2.11. The Morgan fingerprint density at radius 1 is 1.60 bits per heavy atom. The molecule has 0 rings (SSSR count). The Morgan fingerprint density at radius 2 is 2.10 bits per heavy atom. The summed E-state index contributed by atoms with van der Waals surface area (Å²) in [5.41, 5.74) is 0. The number of rotatable bonds is 3. The number of carbonyl (C=O) groups is 2. The van der Waals surface area contributed by atoms with Crippen molar-refractivity contribution in [1.82, 2.24) is 4.90 Å². The quantitative estimate of drug-likeness (QED) is 0.416. The van der Waals surface area contributed by atoms with E-state index in [0.717, 1.165) is 0 Å². The molecule has 0 aliphatic carbocycles. The normalized spacial score (nSPS) is 8.60. The van der Waals surface area contributed by atoms with Crippen LogP contribution in [0.1, 0.15) is 6.92 Å². The lowest BCUT2D eigenvalue weighted by molar-refractivity contribution is -0.142. The summed E-state index contributed by atoms with van der Waals surface area (Å²) in [7, 11) is 1.56. The number of ketones is 1. The molecule has 0 aromatic heterocycles. The summed E-state index contributed by atoms with van der Waals surface area (Å²) in [6.07, 6.45) is 1.57. The number of amides is 1. The fourth-order valence-corrected chi connectivity index (χ4v) is 0.545. The topological polar surface area (TPSA) is 37.4 Å². The summed E-state index contributed by atoms with van der Waals surface area (Å²) >= 11 is 0. The van der Waals surface area contributed by atoms with Crippen LogP contribution >= 0.6 is 0 Å². The molecule has 0 saturated carbocycles. The summed E-state index contributed by atoms with van der Waals surface area (Å²) in [5.74, 6) is -0.913. The van der Waals surface area contributed by atoms with Crippen molar-refractivity contribution in [3.63, 3.8) is 0 Å². The third-order valence-electron chi connectivity index (χ3n) is 1.05. The van der Waals surface area contributed by atoms with E-state index in [2.05, 4.69) is 6.58 Å². The second-order valence-electron chi connectivity index (χ2n) is 2.03. The lowest BCUT2D eigenvalue weighted by atomic mass is 10.4. The van der Waals surface area contributed by atoms with Gasteiger partial charge in [0.05, 0.1) is 0 Å². The molecule has 3 heteroatoms. The van der Waals surface area contributed by atoms with Crippen molar-refractivity contribution in [2.75, 3.05) is 13.6 Å². The maximum atomic E-state index is 10.8. The van der Waals surface area contributed by atoms with E-state index in [4.69, 9.17) is 0 Å². The van der Waals surface area contributed by atoms with Crippen molar-refractivity contribution in [2.45, 2.75) is 6.92 Å². The first kappa shape index (κ1) is 8.88. The van der Waals surface area contributed by atoms with Crippen molar-refractivity contribution in [3.05, 3.63) is 12.7 Å². The molecule has 0 N–H and O–H groups in total. The first-order valence-corrected chi connectivity index (χ1v) is 2.96. The van der Waals surface area contributed by atoms with Gasteiger partial charge in [-0.15, -0.1) is 6.58 Å². The molecule has 0 bridgehead atoms. The molecule has 0 aromatic carbocycles. The average Bonchev–Trinajstić information content (AvgIpc) is 1.87. The fourth-order valence-electron chi connectivity index (χ4n) is 0.545. The highest BCUT2D eigenvalue weighted by atomic mass is 16.2. The van der Waals surface area contributed by atoms with E-state index in [-0.39, 0.29) is 0 Å². The molecule has 0 heterocycles. The summed E-state index contributed by atoms with van der Waals surface area (Å²) in [6, 6.07) is 0. The van der Waals surface area contributed by atoms with E-state index in [0.29, 0.717) is 6.54 Å². The molecule has 0 saturated heterocycles. The SMILES string of the molecule is C=CCN(C)C(=O)C(C)=O. The van der Waals surface area contributed by atoms with Crippen molar-refractivity contribution >= 4 is 11.7 Å². The first-order valence-electron chi connectivity index (χ1n) is 2.96. The first-order chi connectivity index (χ1) is 4.59. The minimum atomic E-state index is -0.472. The van der Waals surface area contributed by atoms with Crippen LogP contribution in [0.5, 0.6) is 0 Å². The van der Waals surface area contributed by atoms with Crippen molar-refractivity contribution in [3.8, 4) is 0 Å². The average molecular weight is 141 g/mol. The van der Waals surface area contributed by atoms with Crippen molar-refractivity contribution in [1.29, 1.82) is 0 Å². The number of Topliss-reactive ketones (excluding diaryl/α,β-unsaturated/α-hetero) is 1. The van der Waals surface area contributed by atoms with Crippen LogP contribution in [0.2, 0.25) is 0 Å². The minimum absolute atomic E-state index is 0.415. The molecule has 0 radical (unpaired) electrons. The molecule has 3 nitrogen and oxygen atoms in total. The number of hydrogen-bond donors (Lipinski definition) is 0. The summed E-state index contributed by atoms with van der Waals surface area (Å²) < 4.78 is 0. The van der Waals surface area contributed by atoms with Gasteiger partial charge in [-0.1, -0.05) is 6.08 Å². The van der Waals surface area contributed by atoms with Gasteiger partial charge >= 0.3 is 0 Å². The molecular weight excluding hydrogens is 130 g/mol. The fraction of sp³-hybridized carbons (Fsp3) is 0.429. The Labute approximate surface area is 60.3 Å². The zero-order valence-electron chi connectivity index (χ0n) is 6.26. The summed E-state index contributed by atoms with van der Waals surface area (Å²) in [5, 5.41) is 0. The second kappa shape index (κ2) is 3.82. The van der Waals surface area contributed by atoms with Gasteiger partial charge in [-0.05, 0) is 0 Å². The number of nitrogens with zero attached hydrogens (tertiary/aromatic N) is 1. The molecule has 0 atom stereocenters. The van der Waals surface area contributed by atoms with Crippen LogP contribution in [-0.2, 0) is 9.59 Å². The molecule has 56 valence electrons. The standard InChI is InChI=1S/C7H11NO2/c1-4-5-8(3)7(10)6(2)9/h4H,1,5H2,2-3H3. The Morgan fingerprint density at radius 3 is 2.40 bits per heavy atom. The van der Waals surface area contributed by atoms with E-state index in [9.17, 15) is 9.59 Å². The van der Waals surface area contributed by atoms with Crippen molar-refractivity contribution < 1.29 is 9.59 Å². The molecule has 0 spiro atoms. The minimum Gasteiger partial charge on any atom is -0.335 e. The molecule has 0 aromatic rings. The number of carbonyl (C=O) groups excluding carboxylic acids is 2. The van der Waals surface area contributed by atoms with E-state index < -0.39 is 11.7 Å². The van der Waals surface area contributed by atoms with Gasteiger partial charge in [0.15, 0.2) is 0 Å². The highest BCUT2D eigenvalue weighted by Crippen LogP contribution is 1.85. The molecule has 10 heavy (non-hydrogen) atoms. The Bertz CT molecular complexity index is 163. The molecule has 1 amide bonds. The molecular formula is C7H11NO2. The van der Waals surface area contributed by atoms with Crippen LogP contribution in [-0.4, -0.2) is 30.2 Å². The van der Waals surface area contributed by atoms with Gasteiger partial charge in [-0.25, -0.2) is 0 Å². The Hall–Kier alpha value is -1.12. The van der Waals surface area contributed by atoms with E-state index >= 15 is 0 Å². The smallest absolute Gasteiger partial charge is 0.289 e. The maximum Gasteiger partial charge on any atom is 0.289 e. The summed E-state index contributed by atoms with van der Waals surface area (Å²) in [6.45, 7) is 5.10. The Kier molecular flexibility index (Phi) is 3.39. The molecule has 0 fully saturated rings. The predicted octanol–water partition coefficient (Wildman–Crippen LogP) is 0.220. The van der Waals surface area contributed by atoms with Crippen LogP contribution < -0.4 is 0 Å². The Balaban J connectivity index is 3.94. The third-order valence-corrected chi connectivity index (χ3v) is 1.05. The van der Waals surface area contributed by atoms with E-state index in [1.165, 1.54) is 11.8 Å². The van der Waals surface area contributed by atoms with Crippen LogP contribution in [0.15, 0.2) is 12.7 Å². The molecule has 0 unspecified atom stereocenters. The van der Waals surface area contributed by atoms with E-state index in [1.807, 2.05) is 0 Å². The monoisotopic (exact) mass is 141 g/mol. The zero-order valence-corrected chi connectivity index (χ0v) is 6.26. The number of hydrogen-bond acceptors (Lipinski definition) is 2. The maximum absolute atomic E-state index is 10.8. The van der Waals surface area contributed by atoms with Crippen molar-refractivity contribution in [2.24, 2.45) is 0 Å². The van der Waals surface area contributed by atoms with Crippen LogP contribution in [0, 0.1) is 0 Å². The highest BCUT2D eigenvalue weighted by Gasteiger charge is 2.10. The van der Waals surface area contributed by atoms with Gasteiger partial charge < -0.3 is 4.90 Å². The number of likely N-dealkylation sites (N-methyl/N-ethyl adjacent to an activating group) is 1. The van der Waals surface area contributed by atoms with Gasteiger partial charge in [0, 0.05) is 20.5 Å². The zero-order chi connectivity index (χ0) is 8.15. The third kappa shape index (κ3) is 2.44. The second-order valence-corrected chi connectivity index (χ2v) is 2.03. The largest absolute Gasteiger partial charge is 0.335 e. The van der Waals surface area contributed by atoms with Gasteiger partial charge in [0.2, 0.25) is 5.78 Å².